The van der Waals surface area contributed by atoms with Gasteiger partial charge in [0.25, 0.3) is 5.69 Å². The van der Waals surface area contributed by atoms with Gasteiger partial charge in [0, 0.05) is 17.7 Å². The maximum atomic E-state index is 10.8. The maximum Gasteiger partial charge on any atom is 0.270 e. The number of aromatic nitrogens is 2. The number of aromatic amines is 1. The lowest BCUT2D eigenvalue weighted by Gasteiger charge is -2.01. The summed E-state index contributed by atoms with van der Waals surface area (Å²) in [5.41, 5.74) is 3.54. The van der Waals surface area contributed by atoms with E-state index in [0.717, 1.165) is 22.2 Å². The Morgan fingerprint density at radius 2 is 2.00 bits per heavy atom. The van der Waals surface area contributed by atoms with Gasteiger partial charge in [0.15, 0.2) is 0 Å². The van der Waals surface area contributed by atoms with Gasteiger partial charge in [-0.05, 0) is 24.6 Å². The molecule has 0 aliphatic heterocycles. The van der Waals surface area contributed by atoms with Crippen molar-refractivity contribution >= 4 is 16.7 Å². The van der Waals surface area contributed by atoms with Crippen LogP contribution in [0.15, 0.2) is 42.5 Å². The summed E-state index contributed by atoms with van der Waals surface area (Å²) in [6.07, 6.45) is 0. The largest absolute Gasteiger partial charge is 0.338 e. The number of fused-ring (bicyclic) bond motifs is 1. The third kappa shape index (κ3) is 1.95. The molecule has 0 unspecified atom stereocenters. The highest BCUT2D eigenvalue weighted by Crippen LogP contribution is 2.27. The molecular weight excluding hydrogens is 242 g/mol. The molecule has 3 rings (SSSR count). The molecule has 1 heterocycles. The fraction of sp³-hybridized carbons (Fsp3) is 0.0714. The van der Waals surface area contributed by atoms with Gasteiger partial charge >= 0.3 is 0 Å². The van der Waals surface area contributed by atoms with E-state index in [2.05, 4.69) is 9.97 Å². The molecule has 0 aliphatic rings. The number of imidazole rings is 1. The van der Waals surface area contributed by atoms with E-state index in [1.807, 2.05) is 31.2 Å². The van der Waals surface area contributed by atoms with Crippen LogP contribution in [0.2, 0.25) is 0 Å². The van der Waals surface area contributed by atoms with Crippen LogP contribution >= 0.6 is 0 Å². The first-order chi connectivity index (χ1) is 9.15. The monoisotopic (exact) mass is 253 g/mol. The minimum absolute atomic E-state index is 0.0704. The first-order valence-electron chi connectivity index (χ1n) is 5.85. The van der Waals surface area contributed by atoms with E-state index in [1.165, 1.54) is 6.07 Å². The van der Waals surface area contributed by atoms with E-state index in [0.29, 0.717) is 5.82 Å². The molecular formula is C14H11N3O2. The van der Waals surface area contributed by atoms with Crippen LogP contribution in [-0.2, 0) is 0 Å². The van der Waals surface area contributed by atoms with Crippen LogP contribution in [0.5, 0.6) is 0 Å². The average molecular weight is 253 g/mol. The lowest BCUT2D eigenvalue weighted by atomic mass is 10.1. The molecule has 0 radical (unpaired) electrons. The van der Waals surface area contributed by atoms with Gasteiger partial charge in [-0.3, -0.25) is 10.1 Å². The van der Waals surface area contributed by atoms with E-state index in [4.69, 9.17) is 0 Å². The van der Waals surface area contributed by atoms with Crippen LogP contribution in [0.4, 0.5) is 5.69 Å². The highest BCUT2D eigenvalue weighted by atomic mass is 16.6. The van der Waals surface area contributed by atoms with Crippen LogP contribution < -0.4 is 0 Å². The van der Waals surface area contributed by atoms with Crippen LogP contribution in [0.3, 0.4) is 0 Å². The predicted octanol–water partition coefficient (Wildman–Crippen LogP) is 3.45. The second kappa shape index (κ2) is 4.20. The fourth-order valence-electron chi connectivity index (χ4n) is 2.06. The van der Waals surface area contributed by atoms with Gasteiger partial charge in [-0.1, -0.05) is 18.2 Å². The van der Waals surface area contributed by atoms with Crippen LogP contribution in [0.1, 0.15) is 5.56 Å². The van der Waals surface area contributed by atoms with Gasteiger partial charge in [-0.2, -0.15) is 0 Å². The Morgan fingerprint density at radius 3 is 2.74 bits per heavy atom. The SMILES string of the molecule is Cc1ccc([N+](=O)[O-])cc1-c1nc2ccccc2[nH]1. The second-order valence-corrected chi connectivity index (χ2v) is 4.36. The molecule has 5 heteroatoms. The van der Waals surface area contributed by atoms with Gasteiger partial charge in [0.1, 0.15) is 5.82 Å². The van der Waals surface area contributed by atoms with Gasteiger partial charge in [0.2, 0.25) is 0 Å². The number of benzene rings is 2. The molecule has 3 aromatic rings. The van der Waals surface area contributed by atoms with Crippen LogP contribution in [0.25, 0.3) is 22.4 Å². The molecule has 0 atom stereocenters. The lowest BCUT2D eigenvalue weighted by molar-refractivity contribution is -0.384. The number of para-hydroxylation sites is 2. The Hall–Kier alpha value is -2.69. The van der Waals surface area contributed by atoms with Crippen molar-refractivity contribution in [3.05, 3.63) is 58.1 Å². The van der Waals surface area contributed by atoms with Crippen molar-refractivity contribution < 1.29 is 4.92 Å². The van der Waals surface area contributed by atoms with Gasteiger partial charge in [-0.15, -0.1) is 0 Å². The number of rotatable bonds is 2. The molecule has 1 aromatic heterocycles. The molecule has 0 spiro atoms. The van der Waals surface area contributed by atoms with Crippen molar-refractivity contribution in [1.29, 1.82) is 0 Å². The van der Waals surface area contributed by atoms with E-state index in [9.17, 15) is 10.1 Å². The Bertz CT molecular complexity index is 744. The zero-order valence-corrected chi connectivity index (χ0v) is 10.3. The maximum absolute atomic E-state index is 10.8. The van der Waals surface area contributed by atoms with Crippen molar-refractivity contribution in [2.75, 3.05) is 0 Å². The summed E-state index contributed by atoms with van der Waals surface area (Å²) in [5.74, 6) is 0.655. The van der Waals surface area contributed by atoms with Crippen molar-refractivity contribution in [3.8, 4) is 11.4 Å². The van der Waals surface area contributed by atoms with Crippen molar-refractivity contribution in [2.45, 2.75) is 6.92 Å². The quantitative estimate of drug-likeness (QED) is 0.561. The zero-order chi connectivity index (χ0) is 13.4. The summed E-state index contributed by atoms with van der Waals surface area (Å²) in [5, 5.41) is 10.8. The normalized spacial score (nSPS) is 10.8. The molecule has 0 saturated heterocycles. The average Bonchev–Trinajstić information content (AvgIpc) is 2.82. The number of nitrogens with zero attached hydrogens (tertiary/aromatic N) is 2. The van der Waals surface area contributed by atoms with Gasteiger partial charge < -0.3 is 4.98 Å². The molecule has 0 aliphatic carbocycles. The summed E-state index contributed by atoms with van der Waals surface area (Å²) >= 11 is 0. The highest BCUT2D eigenvalue weighted by Gasteiger charge is 2.13. The Kier molecular flexibility index (Phi) is 2.52. The first-order valence-corrected chi connectivity index (χ1v) is 5.85. The number of nitro groups is 1. The first kappa shape index (κ1) is 11.4. The van der Waals surface area contributed by atoms with E-state index >= 15 is 0 Å². The lowest BCUT2D eigenvalue weighted by Crippen LogP contribution is -1.91. The van der Waals surface area contributed by atoms with Crippen LogP contribution in [-0.4, -0.2) is 14.9 Å². The number of nitro benzene ring substituents is 1. The van der Waals surface area contributed by atoms with Gasteiger partial charge in [-0.25, -0.2) is 4.98 Å². The summed E-state index contributed by atoms with van der Waals surface area (Å²) < 4.78 is 0. The standard InChI is InChI=1S/C14H11N3O2/c1-9-6-7-10(17(18)19)8-11(9)14-15-12-4-2-3-5-13(12)16-14/h2-8H,1H3,(H,15,16). The molecule has 5 nitrogen and oxygen atoms in total. The minimum atomic E-state index is -0.397. The van der Waals surface area contributed by atoms with Crippen molar-refractivity contribution in [1.82, 2.24) is 9.97 Å². The molecule has 1 N–H and O–H groups in total. The molecule has 2 aromatic carbocycles. The topological polar surface area (TPSA) is 71.8 Å². The van der Waals surface area contributed by atoms with Gasteiger partial charge in [0.05, 0.1) is 16.0 Å². The summed E-state index contributed by atoms with van der Waals surface area (Å²) in [6.45, 7) is 1.91. The summed E-state index contributed by atoms with van der Waals surface area (Å²) in [7, 11) is 0. The smallest absolute Gasteiger partial charge is 0.270 e. The Morgan fingerprint density at radius 1 is 1.21 bits per heavy atom. The second-order valence-electron chi connectivity index (χ2n) is 4.36. The van der Waals surface area contributed by atoms with Crippen molar-refractivity contribution in [3.63, 3.8) is 0 Å². The third-order valence-corrected chi connectivity index (χ3v) is 3.08. The highest BCUT2D eigenvalue weighted by molar-refractivity contribution is 5.80. The van der Waals surface area contributed by atoms with E-state index in [-0.39, 0.29) is 5.69 Å². The van der Waals surface area contributed by atoms with Crippen molar-refractivity contribution in [2.24, 2.45) is 0 Å². The number of hydrogen-bond acceptors (Lipinski definition) is 3. The molecule has 0 fully saturated rings. The summed E-state index contributed by atoms with van der Waals surface area (Å²) in [6, 6.07) is 12.5. The molecule has 0 bridgehead atoms. The zero-order valence-electron chi connectivity index (χ0n) is 10.3. The number of non-ortho nitro benzene ring substituents is 1. The Balaban J connectivity index is 2.20. The number of H-pyrrole nitrogens is 1. The molecule has 94 valence electrons. The molecule has 0 amide bonds. The van der Waals surface area contributed by atoms with Crippen LogP contribution in [0, 0.1) is 17.0 Å². The van der Waals surface area contributed by atoms with E-state index < -0.39 is 4.92 Å². The summed E-state index contributed by atoms with van der Waals surface area (Å²) in [4.78, 5) is 18.1. The minimum Gasteiger partial charge on any atom is -0.338 e. The fourth-order valence-corrected chi connectivity index (χ4v) is 2.06. The predicted molar refractivity (Wildman–Crippen MR) is 72.9 cm³/mol. The number of hydrogen-bond donors (Lipinski definition) is 1. The molecule has 0 saturated carbocycles. The number of aryl methyl sites for hydroxylation is 1. The number of nitrogens with one attached hydrogen (secondary N) is 1. The van der Waals surface area contributed by atoms with E-state index in [1.54, 1.807) is 12.1 Å². The third-order valence-electron chi connectivity index (χ3n) is 3.08. The molecule has 19 heavy (non-hydrogen) atoms. The Labute approximate surface area is 109 Å².